The van der Waals surface area contributed by atoms with Crippen LogP contribution in [0.1, 0.15) is 16.2 Å². The summed E-state index contributed by atoms with van der Waals surface area (Å²) in [7, 11) is 1.66. The van der Waals surface area contributed by atoms with Crippen molar-refractivity contribution >= 4 is 23.2 Å². The van der Waals surface area contributed by atoms with E-state index in [1.54, 1.807) is 14.0 Å². The van der Waals surface area contributed by atoms with Gasteiger partial charge in [0.1, 0.15) is 16.8 Å². The highest BCUT2D eigenvalue weighted by Gasteiger charge is 2.16. The molecule has 0 amide bonds. The van der Waals surface area contributed by atoms with E-state index < -0.39 is 0 Å². The highest BCUT2D eigenvalue weighted by molar-refractivity contribution is 6.33. The molecule has 0 spiro atoms. The molecule has 14 heavy (non-hydrogen) atoms. The first-order chi connectivity index (χ1) is 6.56. The molecule has 1 aromatic rings. The van der Waals surface area contributed by atoms with Crippen LogP contribution in [0.4, 0.5) is 5.82 Å². The largest absolute Gasteiger partial charge is 0.383 e. The summed E-state index contributed by atoms with van der Waals surface area (Å²) in [6.07, 6.45) is 0. The number of aromatic nitrogens is 2. The number of nitrogens with zero attached hydrogens (tertiary/aromatic N) is 2. The summed E-state index contributed by atoms with van der Waals surface area (Å²) >= 11 is 5.79. The van der Waals surface area contributed by atoms with Crippen molar-refractivity contribution in [2.24, 2.45) is 0 Å². The molecule has 0 aromatic carbocycles. The zero-order valence-electron chi connectivity index (χ0n) is 7.97. The van der Waals surface area contributed by atoms with Crippen molar-refractivity contribution in [3.63, 3.8) is 0 Å². The number of hydrogen-bond donors (Lipinski definition) is 2. The summed E-state index contributed by atoms with van der Waals surface area (Å²) in [5.74, 6) is 0.367. The van der Waals surface area contributed by atoms with Crippen molar-refractivity contribution in [3.8, 4) is 0 Å². The van der Waals surface area contributed by atoms with E-state index in [1.807, 2.05) is 0 Å². The summed E-state index contributed by atoms with van der Waals surface area (Å²) in [5.41, 5.74) is 5.76. The number of ketones is 1. The molecule has 1 heterocycles. The highest BCUT2D eigenvalue weighted by Crippen LogP contribution is 2.18. The Kier molecular flexibility index (Phi) is 3.38. The van der Waals surface area contributed by atoms with Gasteiger partial charge in [-0.2, -0.15) is 0 Å². The number of likely N-dealkylation sites (N-methyl/N-ethyl adjacent to an activating group) is 1. The summed E-state index contributed by atoms with van der Waals surface area (Å²) in [4.78, 5) is 19.2. The van der Waals surface area contributed by atoms with Crippen LogP contribution < -0.4 is 11.1 Å². The molecule has 0 saturated heterocycles. The number of nitrogens with one attached hydrogen (secondary N) is 1. The second-order valence-electron chi connectivity index (χ2n) is 2.78. The maximum Gasteiger partial charge on any atom is 0.183 e. The Bertz CT molecular complexity index is 343. The number of anilines is 1. The third-order valence-corrected chi connectivity index (χ3v) is 1.89. The smallest absolute Gasteiger partial charge is 0.183 e. The molecule has 0 fully saturated rings. The molecule has 0 aliphatic rings. The van der Waals surface area contributed by atoms with Gasteiger partial charge in [-0.3, -0.25) is 4.79 Å². The molecule has 6 heteroatoms. The second-order valence-corrected chi connectivity index (χ2v) is 3.13. The van der Waals surface area contributed by atoms with Gasteiger partial charge in [0, 0.05) is 0 Å². The monoisotopic (exact) mass is 214 g/mol. The Hall–Kier alpha value is -1.20. The number of rotatable bonds is 3. The van der Waals surface area contributed by atoms with Crippen molar-refractivity contribution in [1.29, 1.82) is 0 Å². The van der Waals surface area contributed by atoms with Crippen LogP contribution in [0.25, 0.3) is 0 Å². The number of carbonyl (C=O) groups is 1. The van der Waals surface area contributed by atoms with Crippen LogP contribution in [0.5, 0.6) is 0 Å². The molecule has 3 N–H and O–H groups in total. The lowest BCUT2D eigenvalue weighted by atomic mass is 10.2. The van der Waals surface area contributed by atoms with Gasteiger partial charge in [-0.05, 0) is 14.0 Å². The molecule has 1 rings (SSSR count). The Morgan fingerprint density at radius 2 is 2.21 bits per heavy atom. The lowest BCUT2D eigenvalue weighted by molar-refractivity contribution is 0.0994. The second kappa shape index (κ2) is 4.34. The van der Waals surface area contributed by atoms with E-state index in [0.29, 0.717) is 5.82 Å². The minimum atomic E-state index is -0.213. The molecule has 0 atom stereocenters. The average molecular weight is 215 g/mol. The number of carbonyl (C=O) groups excluding carboxylic acids is 1. The van der Waals surface area contributed by atoms with Crippen molar-refractivity contribution in [2.45, 2.75) is 6.92 Å². The third kappa shape index (κ3) is 2.18. The lowest BCUT2D eigenvalue weighted by Gasteiger charge is -2.05. The quantitative estimate of drug-likeness (QED) is 0.563. The number of hydrogen-bond acceptors (Lipinski definition) is 5. The molecular formula is C8H11ClN4O. The Morgan fingerprint density at radius 1 is 1.57 bits per heavy atom. The van der Waals surface area contributed by atoms with Crippen molar-refractivity contribution in [1.82, 2.24) is 15.3 Å². The van der Waals surface area contributed by atoms with Gasteiger partial charge in [-0.1, -0.05) is 11.6 Å². The van der Waals surface area contributed by atoms with Gasteiger partial charge in [0.15, 0.2) is 5.78 Å². The minimum Gasteiger partial charge on any atom is -0.383 e. The minimum absolute atomic E-state index is 0.107. The van der Waals surface area contributed by atoms with E-state index in [4.69, 9.17) is 17.3 Å². The fraction of sp³-hybridized carbons (Fsp3) is 0.375. The van der Waals surface area contributed by atoms with Crippen LogP contribution in [-0.2, 0) is 0 Å². The lowest BCUT2D eigenvalue weighted by Crippen LogP contribution is -2.21. The normalized spacial score (nSPS) is 10.2. The molecule has 0 unspecified atom stereocenters. The molecule has 1 aromatic heterocycles. The van der Waals surface area contributed by atoms with Gasteiger partial charge < -0.3 is 11.1 Å². The summed E-state index contributed by atoms with van der Waals surface area (Å²) in [5, 5.41) is 2.82. The Labute approximate surface area is 86.7 Å². The fourth-order valence-corrected chi connectivity index (χ4v) is 1.39. The summed E-state index contributed by atoms with van der Waals surface area (Å²) in [6.45, 7) is 1.82. The highest BCUT2D eigenvalue weighted by atomic mass is 35.5. The predicted molar refractivity (Wildman–Crippen MR) is 54.4 cm³/mol. The predicted octanol–water partition coefficient (Wildman–Crippen LogP) is 0.423. The average Bonchev–Trinajstić information content (AvgIpc) is 2.01. The van der Waals surface area contributed by atoms with Crippen LogP contribution in [0, 0.1) is 6.92 Å². The first-order valence-electron chi connectivity index (χ1n) is 4.03. The maximum atomic E-state index is 11.5. The molecule has 76 valence electrons. The molecular weight excluding hydrogens is 204 g/mol. The van der Waals surface area contributed by atoms with Gasteiger partial charge >= 0.3 is 0 Å². The number of nitrogen functional groups attached to an aromatic ring is 1. The Morgan fingerprint density at radius 3 is 2.71 bits per heavy atom. The third-order valence-electron chi connectivity index (χ3n) is 1.62. The molecule has 0 aliphatic carbocycles. The number of aryl methyl sites for hydroxylation is 1. The van der Waals surface area contributed by atoms with Crippen LogP contribution in [0.15, 0.2) is 0 Å². The van der Waals surface area contributed by atoms with Crippen molar-refractivity contribution in [2.75, 3.05) is 19.3 Å². The zero-order chi connectivity index (χ0) is 10.7. The van der Waals surface area contributed by atoms with Gasteiger partial charge in [0.25, 0.3) is 0 Å². The topological polar surface area (TPSA) is 80.9 Å². The summed E-state index contributed by atoms with van der Waals surface area (Å²) < 4.78 is 0. The SMILES string of the molecule is CNCC(=O)c1c(N)nc(C)nc1Cl. The Balaban J connectivity index is 3.14. The first-order valence-corrected chi connectivity index (χ1v) is 4.41. The standard InChI is InChI=1S/C8H11ClN4O/c1-4-12-7(9)6(8(10)13-4)5(14)3-11-2/h11H,3H2,1-2H3,(H2,10,12,13). The molecule has 0 aliphatic heterocycles. The van der Waals surface area contributed by atoms with E-state index in [0.717, 1.165) is 0 Å². The van der Waals surface area contributed by atoms with E-state index in [9.17, 15) is 4.79 Å². The van der Waals surface area contributed by atoms with Crippen LogP contribution in [-0.4, -0.2) is 29.3 Å². The fourth-order valence-electron chi connectivity index (χ4n) is 1.07. The van der Waals surface area contributed by atoms with E-state index in [-0.39, 0.29) is 28.9 Å². The summed E-state index contributed by atoms with van der Waals surface area (Å²) in [6, 6.07) is 0. The van der Waals surface area contributed by atoms with E-state index >= 15 is 0 Å². The van der Waals surface area contributed by atoms with Crippen molar-refractivity contribution < 1.29 is 4.79 Å². The van der Waals surface area contributed by atoms with Gasteiger partial charge in [0.05, 0.1) is 12.1 Å². The van der Waals surface area contributed by atoms with Crippen LogP contribution in [0.3, 0.4) is 0 Å². The number of nitrogens with two attached hydrogens (primary N) is 1. The van der Waals surface area contributed by atoms with Crippen molar-refractivity contribution in [3.05, 3.63) is 16.5 Å². The number of halogens is 1. The van der Waals surface area contributed by atoms with Crippen LogP contribution >= 0.6 is 11.6 Å². The van der Waals surface area contributed by atoms with E-state index in [2.05, 4.69) is 15.3 Å². The van der Waals surface area contributed by atoms with E-state index in [1.165, 1.54) is 0 Å². The molecule has 0 saturated carbocycles. The van der Waals surface area contributed by atoms with Gasteiger partial charge in [0.2, 0.25) is 0 Å². The van der Waals surface area contributed by atoms with Gasteiger partial charge in [-0.25, -0.2) is 9.97 Å². The zero-order valence-corrected chi connectivity index (χ0v) is 8.72. The molecule has 5 nitrogen and oxygen atoms in total. The van der Waals surface area contributed by atoms with Gasteiger partial charge in [-0.15, -0.1) is 0 Å². The molecule has 0 bridgehead atoms. The molecule has 0 radical (unpaired) electrons. The maximum absolute atomic E-state index is 11.5. The first kappa shape index (κ1) is 10.9. The van der Waals surface area contributed by atoms with Crippen LogP contribution in [0.2, 0.25) is 5.15 Å². The number of Topliss-reactive ketones (excluding diaryl/α,β-unsaturated/α-hetero) is 1.